The van der Waals surface area contributed by atoms with Gasteiger partial charge in [-0.15, -0.1) is 0 Å². The van der Waals surface area contributed by atoms with Crippen LogP contribution in [-0.4, -0.2) is 27.2 Å². The van der Waals surface area contributed by atoms with Gasteiger partial charge in [0, 0.05) is 35.8 Å². The summed E-state index contributed by atoms with van der Waals surface area (Å²) < 4.78 is 7.87. The van der Waals surface area contributed by atoms with Crippen LogP contribution in [0.15, 0.2) is 47.0 Å². The summed E-state index contributed by atoms with van der Waals surface area (Å²) in [4.78, 5) is 17.2. The molecule has 0 fully saturated rings. The zero-order valence-corrected chi connectivity index (χ0v) is 15.2. The Morgan fingerprint density at radius 1 is 1.14 bits per heavy atom. The van der Waals surface area contributed by atoms with Crippen molar-refractivity contribution in [3.8, 4) is 22.7 Å². The Hall–Kier alpha value is -3.41. The van der Waals surface area contributed by atoms with Gasteiger partial charge in [-0.2, -0.15) is 5.10 Å². The van der Waals surface area contributed by atoms with Crippen LogP contribution >= 0.6 is 0 Å². The summed E-state index contributed by atoms with van der Waals surface area (Å²) in [5, 5.41) is 8.86. The lowest BCUT2D eigenvalue weighted by Crippen LogP contribution is -2.24. The van der Waals surface area contributed by atoms with E-state index >= 15 is 0 Å². The second-order valence-corrected chi connectivity index (χ2v) is 7.38. The van der Waals surface area contributed by atoms with Gasteiger partial charge in [0.05, 0.1) is 5.69 Å². The molecule has 3 aromatic heterocycles. The Balaban J connectivity index is 1.51. The molecule has 0 saturated carbocycles. The van der Waals surface area contributed by atoms with Crippen molar-refractivity contribution in [3.63, 3.8) is 0 Å². The number of pyridine rings is 1. The first-order valence-corrected chi connectivity index (χ1v) is 9.64. The van der Waals surface area contributed by atoms with Crippen molar-refractivity contribution in [2.75, 3.05) is 6.54 Å². The third kappa shape index (κ3) is 2.24. The molecule has 2 aliphatic rings. The van der Waals surface area contributed by atoms with Gasteiger partial charge in [0.15, 0.2) is 5.76 Å². The summed E-state index contributed by atoms with van der Waals surface area (Å²) in [5.41, 5.74) is 6.54. The van der Waals surface area contributed by atoms with Gasteiger partial charge in [0.1, 0.15) is 17.0 Å². The Morgan fingerprint density at radius 3 is 3.00 bits per heavy atom. The maximum absolute atomic E-state index is 12.5. The van der Waals surface area contributed by atoms with E-state index in [-0.39, 0.29) is 5.91 Å². The quantitative estimate of drug-likeness (QED) is 0.556. The molecule has 28 heavy (non-hydrogen) atoms. The van der Waals surface area contributed by atoms with Crippen molar-refractivity contribution in [2.45, 2.75) is 25.8 Å². The number of benzene rings is 1. The summed E-state index contributed by atoms with van der Waals surface area (Å²) in [5.74, 6) is 0.732. The van der Waals surface area contributed by atoms with Gasteiger partial charge in [-0.05, 0) is 43.0 Å². The van der Waals surface area contributed by atoms with Crippen LogP contribution in [0.3, 0.4) is 0 Å². The molecule has 6 rings (SSSR count). The molecule has 4 aromatic rings. The average Bonchev–Trinajstić information content (AvgIpc) is 3.27. The van der Waals surface area contributed by atoms with Crippen LogP contribution in [0.2, 0.25) is 0 Å². The Morgan fingerprint density at radius 2 is 2.07 bits per heavy atom. The third-order valence-corrected chi connectivity index (χ3v) is 5.66. The molecule has 4 heterocycles. The minimum absolute atomic E-state index is 0.0127. The molecule has 1 aromatic carbocycles. The number of nitrogens with one attached hydrogen (secondary N) is 1. The van der Waals surface area contributed by atoms with E-state index in [2.05, 4.69) is 16.4 Å². The van der Waals surface area contributed by atoms with Crippen molar-refractivity contribution < 1.29 is 9.21 Å². The molecule has 0 unspecified atom stereocenters. The molecule has 1 aliphatic carbocycles. The van der Waals surface area contributed by atoms with Gasteiger partial charge in [0.2, 0.25) is 0 Å². The predicted molar refractivity (Wildman–Crippen MR) is 105 cm³/mol. The molecule has 0 saturated heterocycles. The Labute approximate surface area is 161 Å². The lowest BCUT2D eigenvalue weighted by molar-refractivity contribution is 0.0949. The molecule has 0 atom stereocenters. The smallest absolute Gasteiger partial charge is 0.269 e. The summed E-state index contributed by atoms with van der Waals surface area (Å²) in [6.07, 6.45) is 4.50. The number of para-hydroxylation sites is 1. The summed E-state index contributed by atoms with van der Waals surface area (Å²) in [6.45, 7) is 1.46. The van der Waals surface area contributed by atoms with Gasteiger partial charge in [0.25, 0.3) is 5.91 Å². The highest BCUT2D eigenvalue weighted by atomic mass is 16.3. The zero-order chi connectivity index (χ0) is 18.7. The van der Waals surface area contributed by atoms with Gasteiger partial charge in [-0.3, -0.25) is 14.5 Å². The average molecular weight is 370 g/mol. The van der Waals surface area contributed by atoms with Gasteiger partial charge in [-0.25, -0.2) is 0 Å². The van der Waals surface area contributed by atoms with Gasteiger partial charge in [-0.1, -0.05) is 18.2 Å². The number of rotatable bonds is 1. The lowest BCUT2D eigenvalue weighted by Gasteiger charge is -2.16. The molecule has 0 spiro atoms. The van der Waals surface area contributed by atoms with E-state index in [4.69, 9.17) is 9.52 Å². The summed E-state index contributed by atoms with van der Waals surface area (Å²) >= 11 is 0. The number of aryl methyl sites for hydroxylation is 2. The SMILES string of the molecule is O=C1NCCCn2nc3c(c21)CCc1cnc(-c2cc4ccccc4o2)cc1-3. The third-order valence-electron chi connectivity index (χ3n) is 5.66. The zero-order valence-electron chi connectivity index (χ0n) is 15.2. The van der Waals surface area contributed by atoms with Crippen LogP contribution in [0.1, 0.15) is 28.0 Å². The van der Waals surface area contributed by atoms with Crippen LogP contribution < -0.4 is 5.32 Å². The second-order valence-electron chi connectivity index (χ2n) is 7.38. The van der Waals surface area contributed by atoms with E-state index in [0.717, 1.165) is 70.7 Å². The first kappa shape index (κ1) is 15.6. The second kappa shape index (κ2) is 5.79. The van der Waals surface area contributed by atoms with Crippen molar-refractivity contribution in [2.24, 2.45) is 0 Å². The molecular weight excluding hydrogens is 352 g/mol. The molecule has 1 aliphatic heterocycles. The fraction of sp³-hybridized carbons (Fsp3) is 0.227. The minimum atomic E-state index is -0.0127. The monoisotopic (exact) mass is 370 g/mol. The standard InChI is InChI=1S/C22H18N4O2/c27-22-21-15-7-6-14-12-24-17(19-10-13-4-1-2-5-18(13)28-19)11-16(14)20(15)25-26(21)9-3-8-23-22/h1-2,4-5,10-12H,3,6-9H2,(H,23,27). The molecular formula is C22H18N4O2. The number of carbonyl (C=O) groups is 1. The Bertz CT molecular complexity index is 1220. The maximum atomic E-state index is 12.5. The highest BCUT2D eigenvalue weighted by Gasteiger charge is 2.29. The molecule has 6 heteroatoms. The van der Waals surface area contributed by atoms with E-state index in [0.29, 0.717) is 6.54 Å². The number of aromatic nitrogens is 3. The van der Waals surface area contributed by atoms with Crippen LogP contribution in [0.25, 0.3) is 33.7 Å². The van der Waals surface area contributed by atoms with Crippen LogP contribution in [0.4, 0.5) is 0 Å². The highest BCUT2D eigenvalue weighted by Crippen LogP contribution is 2.37. The fourth-order valence-corrected chi connectivity index (χ4v) is 4.29. The molecule has 0 bridgehead atoms. The van der Waals surface area contributed by atoms with Crippen LogP contribution in [-0.2, 0) is 19.4 Å². The number of furan rings is 1. The minimum Gasteiger partial charge on any atom is -0.454 e. The van der Waals surface area contributed by atoms with E-state index in [1.807, 2.05) is 41.2 Å². The molecule has 138 valence electrons. The number of nitrogens with zero attached hydrogens (tertiary/aromatic N) is 3. The first-order valence-electron chi connectivity index (χ1n) is 9.64. The van der Waals surface area contributed by atoms with E-state index in [9.17, 15) is 4.79 Å². The summed E-state index contributed by atoms with van der Waals surface area (Å²) in [7, 11) is 0. The van der Waals surface area contributed by atoms with E-state index in [1.165, 1.54) is 5.56 Å². The normalized spacial score (nSPS) is 15.5. The van der Waals surface area contributed by atoms with E-state index in [1.54, 1.807) is 0 Å². The topological polar surface area (TPSA) is 73.0 Å². The largest absolute Gasteiger partial charge is 0.454 e. The number of fused-ring (bicyclic) bond motifs is 6. The molecule has 6 nitrogen and oxygen atoms in total. The van der Waals surface area contributed by atoms with Crippen LogP contribution in [0.5, 0.6) is 0 Å². The number of hydrogen-bond acceptors (Lipinski definition) is 4. The first-order chi connectivity index (χ1) is 13.8. The fourth-order valence-electron chi connectivity index (χ4n) is 4.29. The van der Waals surface area contributed by atoms with Crippen molar-refractivity contribution in [1.29, 1.82) is 0 Å². The number of hydrogen-bond donors (Lipinski definition) is 1. The lowest BCUT2D eigenvalue weighted by atomic mass is 9.89. The van der Waals surface area contributed by atoms with Crippen molar-refractivity contribution in [3.05, 3.63) is 59.4 Å². The predicted octanol–water partition coefficient (Wildman–Crippen LogP) is 3.59. The van der Waals surface area contributed by atoms with Crippen molar-refractivity contribution in [1.82, 2.24) is 20.1 Å². The van der Waals surface area contributed by atoms with Crippen molar-refractivity contribution >= 4 is 16.9 Å². The number of carbonyl (C=O) groups excluding carboxylic acids is 1. The Kier molecular flexibility index (Phi) is 3.23. The van der Waals surface area contributed by atoms with Crippen LogP contribution in [0, 0.1) is 0 Å². The number of amides is 1. The van der Waals surface area contributed by atoms with Gasteiger partial charge >= 0.3 is 0 Å². The molecule has 1 amide bonds. The van der Waals surface area contributed by atoms with Gasteiger partial charge < -0.3 is 9.73 Å². The van der Waals surface area contributed by atoms with E-state index < -0.39 is 0 Å². The molecule has 0 radical (unpaired) electrons. The highest BCUT2D eigenvalue weighted by molar-refractivity contribution is 5.96. The summed E-state index contributed by atoms with van der Waals surface area (Å²) in [6, 6.07) is 12.0. The maximum Gasteiger partial charge on any atom is 0.269 e. The molecule has 1 N–H and O–H groups in total.